The van der Waals surface area contributed by atoms with Crippen LogP contribution in [0.4, 0.5) is 8.78 Å². The van der Waals surface area contributed by atoms with Gasteiger partial charge in [0.25, 0.3) is 0 Å². The third-order valence-corrected chi connectivity index (χ3v) is 4.63. The maximum atomic E-state index is 13.8. The fourth-order valence-electron chi connectivity index (χ4n) is 3.42. The zero-order valence-electron chi connectivity index (χ0n) is 11.6. The Balaban J connectivity index is 2.17. The molecular formula is C16H23F2N. The molecule has 1 saturated carbocycles. The van der Waals surface area contributed by atoms with Gasteiger partial charge in [-0.1, -0.05) is 32.3 Å². The van der Waals surface area contributed by atoms with Gasteiger partial charge in [-0.15, -0.1) is 0 Å². The number of nitrogens with two attached hydrogens (primary N) is 1. The Morgan fingerprint density at radius 2 is 2.16 bits per heavy atom. The van der Waals surface area contributed by atoms with Gasteiger partial charge in [-0.05, 0) is 48.8 Å². The van der Waals surface area contributed by atoms with Crippen molar-refractivity contribution in [1.29, 1.82) is 0 Å². The van der Waals surface area contributed by atoms with Crippen LogP contribution in [0.5, 0.6) is 0 Å². The lowest BCUT2D eigenvalue weighted by Gasteiger charge is -2.40. The normalized spacial score (nSPS) is 27.5. The molecule has 1 aliphatic carbocycles. The van der Waals surface area contributed by atoms with Crippen molar-refractivity contribution in [2.75, 3.05) is 6.54 Å². The van der Waals surface area contributed by atoms with E-state index in [-0.39, 0.29) is 5.41 Å². The van der Waals surface area contributed by atoms with Crippen LogP contribution >= 0.6 is 0 Å². The predicted molar refractivity (Wildman–Crippen MR) is 73.8 cm³/mol. The Bertz CT molecular complexity index is 433. The zero-order chi connectivity index (χ0) is 13.9. The van der Waals surface area contributed by atoms with Gasteiger partial charge in [0.1, 0.15) is 11.6 Å². The molecule has 0 spiro atoms. The van der Waals surface area contributed by atoms with E-state index in [9.17, 15) is 8.78 Å². The molecule has 0 bridgehead atoms. The van der Waals surface area contributed by atoms with E-state index in [0.29, 0.717) is 24.4 Å². The summed E-state index contributed by atoms with van der Waals surface area (Å²) in [6, 6.07) is 3.88. The highest BCUT2D eigenvalue weighted by molar-refractivity contribution is 5.20. The van der Waals surface area contributed by atoms with Crippen LogP contribution in [-0.2, 0) is 6.42 Å². The summed E-state index contributed by atoms with van der Waals surface area (Å²) >= 11 is 0. The molecule has 0 aromatic heterocycles. The van der Waals surface area contributed by atoms with Gasteiger partial charge in [0.2, 0.25) is 0 Å². The largest absolute Gasteiger partial charge is 0.330 e. The van der Waals surface area contributed by atoms with Crippen LogP contribution < -0.4 is 5.73 Å². The monoisotopic (exact) mass is 267 g/mol. The summed E-state index contributed by atoms with van der Waals surface area (Å²) in [5, 5.41) is 0. The van der Waals surface area contributed by atoms with Crippen LogP contribution in [-0.4, -0.2) is 6.54 Å². The topological polar surface area (TPSA) is 26.0 Å². The van der Waals surface area contributed by atoms with Gasteiger partial charge in [0.15, 0.2) is 0 Å². The van der Waals surface area contributed by atoms with Crippen LogP contribution in [0, 0.1) is 23.0 Å². The SMILES string of the molecule is CCC1CCCC(CN)(Cc2ccc(F)cc2F)C1. The summed E-state index contributed by atoms with van der Waals surface area (Å²) in [5.74, 6) is -0.259. The molecule has 0 aliphatic heterocycles. The average molecular weight is 267 g/mol. The molecule has 1 fully saturated rings. The van der Waals surface area contributed by atoms with E-state index in [2.05, 4.69) is 6.92 Å². The lowest BCUT2D eigenvalue weighted by Crippen LogP contribution is -2.38. The number of hydrogen-bond acceptors (Lipinski definition) is 1. The second-order valence-electron chi connectivity index (χ2n) is 5.99. The number of hydrogen-bond donors (Lipinski definition) is 1. The van der Waals surface area contributed by atoms with Crippen molar-refractivity contribution >= 4 is 0 Å². The quantitative estimate of drug-likeness (QED) is 0.875. The Labute approximate surface area is 114 Å². The molecule has 2 unspecified atom stereocenters. The molecule has 1 aromatic carbocycles. The Morgan fingerprint density at radius 3 is 2.79 bits per heavy atom. The van der Waals surface area contributed by atoms with Crippen molar-refractivity contribution in [2.24, 2.45) is 17.1 Å². The average Bonchev–Trinajstić information content (AvgIpc) is 2.42. The molecule has 1 aromatic rings. The van der Waals surface area contributed by atoms with E-state index in [1.807, 2.05) is 0 Å². The number of halogens is 2. The molecule has 19 heavy (non-hydrogen) atoms. The molecule has 1 nitrogen and oxygen atoms in total. The lowest BCUT2D eigenvalue weighted by molar-refractivity contribution is 0.141. The highest BCUT2D eigenvalue weighted by Crippen LogP contribution is 2.42. The van der Waals surface area contributed by atoms with Crippen molar-refractivity contribution in [3.05, 3.63) is 35.4 Å². The second kappa shape index (κ2) is 6.00. The van der Waals surface area contributed by atoms with Gasteiger partial charge in [-0.3, -0.25) is 0 Å². The van der Waals surface area contributed by atoms with Crippen molar-refractivity contribution < 1.29 is 8.78 Å². The summed E-state index contributed by atoms with van der Waals surface area (Å²) < 4.78 is 26.8. The van der Waals surface area contributed by atoms with E-state index in [4.69, 9.17) is 5.73 Å². The lowest BCUT2D eigenvalue weighted by atomic mass is 9.66. The van der Waals surface area contributed by atoms with Crippen LogP contribution in [0.3, 0.4) is 0 Å². The molecule has 0 radical (unpaired) electrons. The van der Waals surface area contributed by atoms with Crippen LogP contribution in [0.15, 0.2) is 18.2 Å². The second-order valence-corrected chi connectivity index (χ2v) is 5.99. The van der Waals surface area contributed by atoms with Crippen molar-refractivity contribution in [1.82, 2.24) is 0 Å². The van der Waals surface area contributed by atoms with Gasteiger partial charge in [-0.2, -0.15) is 0 Å². The third-order valence-electron chi connectivity index (χ3n) is 4.63. The van der Waals surface area contributed by atoms with Gasteiger partial charge < -0.3 is 5.73 Å². The summed E-state index contributed by atoms with van der Waals surface area (Å²) in [4.78, 5) is 0. The molecule has 0 heterocycles. The molecular weight excluding hydrogens is 244 g/mol. The Morgan fingerprint density at radius 1 is 1.37 bits per heavy atom. The standard InChI is InChI=1S/C16H23F2N/c1-2-12-4-3-7-16(9-12,11-19)10-13-5-6-14(17)8-15(13)18/h5-6,8,12H,2-4,7,9-11,19H2,1H3. The van der Waals surface area contributed by atoms with Crippen molar-refractivity contribution in [3.8, 4) is 0 Å². The van der Waals surface area contributed by atoms with Crippen LogP contribution in [0.25, 0.3) is 0 Å². The molecule has 0 saturated heterocycles. The smallest absolute Gasteiger partial charge is 0.129 e. The molecule has 2 N–H and O–H groups in total. The molecule has 106 valence electrons. The summed E-state index contributed by atoms with van der Waals surface area (Å²) in [7, 11) is 0. The van der Waals surface area contributed by atoms with Gasteiger partial charge in [0, 0.05) is 6.07 Å². The molecule has 3 heteroatoms. The first-order valence-corrected chi connectivity index (χ1v) is 7.22. The molecule has 0 amide bonds. The predicted octanol–water partition coefficient (Wildman–Crippen LogP) is 4.05. The van der Waals surface area contributed by atoms with Crippen molar-refractivity contribution in [2.45, 2.75) is 45.4 Å². The minimum Gasteiger partial charge on any atom is -0.330 e. The van der Waals surface area contributed by atoms with E-state index in [1.165, 1.54) is 18.9 Å². The number of benzene rings is 1. The highest BCUT2D eigenvalue weighted by Gasteiger charge is 2.35. The van der Waals surface area contributed by atoms with E-state index < -0.39 is 11.6 Å². The third kappa shape index (κ3) is 3.33. The van der Waals surface area contributed by atoms with E-state index in [1.54, 1.807) is 6.07 Å². The zero-order valence-corrected chi connectivity index (χ0v) is 11.6. The molecule has 1 aliphatic rings. The summed E-state index contributed by atoms with van der Waals surface area (Å²) in [5.41, 5.74) is 6.58. The highest BCUT2D eigenvalue weighted by atomic mass is 19.1. The Kier molecular flexibility index (Phi) is 4.56. The Hall–Kier alpha value is -0.960. The van der Waals surface area contributed by atoms with E-state index in [0.717, 1.165) is 25.3 Å². The first kappa shape index (κ1) is 14.4. The first-order valence-electron chi connectivity index (χ1n) is 7.22. The van der Waals surface area contributed by atoms with Crippen LogP contribution in [0.1, 0.15) is 44.6 Å². The minimum absolute atomic E-state index is 0.00238. The molecule has 2 rings (SSSR count). The minimum atomic E-state index is -0.516. The molecule has 2 atom stereocenters. The summed E-state index contributed by atoms with van der Waals surface area (Å²) in [6.45, 7) is 2.79. The maximum absolute atomic E-state index is 13.8. The number of rotatable bonds is 4. The fraction of sp³-hybridized carbons (Fsp3) is 0.625. The van der Waals surface area contributed by atoms with E-state index >= 15 is 0 Å². The van der Waals surface area contributed by atoms with Gasteiger partial charge in [-0.25, -0.2) is 8.78 Å². The fourth-order valence-corrected chi connectivity index (χ4v) is 3.42. The van der Waals surface area contributed by atoms with Crippen molar-refractivity contribution in [3.63, 3.8) is 0 Å². The van der Waals surface area contributed by atoms with Gasteiger partial charge >= 0.3 is 0 Å². The maximum Gasteiger partial charge on any atom is 0.129 e. The van der Waals surface area contributed by atoms with Gasteiger partial charge in [0.05, 0.1) is 0 Å². The van der Waals surface area contributed by atoms with Crippen LogP contribution in [0.2, 0.25) is 0 Å². The first-order chi connectivity index (χ1) is 9.08. The summed E-state index contributed by atoms with van der Waals surface area (Å²) in [6.07, 6.45) is 6.33.